The Morgan fingerprint density at radius 3 is 2.69 bits per heavy atom. The summed E-state index contributed by atoms with van der Waals surface area (Å²) in [6.45, 7) is 0. The zero-order valence-electron chi connectivity index (χ0n) is 8.40. The number of hydrogen-bond acceptors (Lipinski definition) is 3. The molecule has 0 bridgehead atoms. The molecule has 2 atom stereocenters. The molecule has 5 heteroatoms. The number of aliphatic hydroxyl groups is 2. The number of aliphatic hydroxyl groups excluding tert-OH is 2. The summed E-state index contributed by atoms with van der Waals surface area (Å²) in [5, 5.41) is 28.6. The topological polar surface area (TPSA) is 64.2 Å². The van der Waals surface area contributed by atoms with Crippen LogP contribution in [0.15, 0.2) is 18.2 Å². The van der Waals surface area contributed by atoms with Crippen molar-refractivity contribution < 1.29 is 14.6 Å². The van der Waals surface area contributed by atoms with Gasteiger partial charge in [0.1, 0.15) is 18.0 Å². The molecular weight excluding hydrogens is 277 g/mol. The number of benzene rings is 1. The molecule has 16 heavy (non-hydrogen) atoms. The van der Waals surface area contributed by atoms with Gasteiger partial charge in [0, 0.05) is 10.9 Å². The molecule has 0 amide bonds. The normalized spacial score (nSPS) is 14.2. The lowest BCUT2D eigenvalue weighted by Gasteiger charge is -2.18. The van der Waals surface area contributed by atoms with E-state index in [2.05, 4.69) is 15.9 Å². The fraction of sp³-hybridized carbons (Fsp3) is 0.364. The average molecular weight is 288 g/mol. The highest BCUT2D eigenvalue weighted by Gasteiger charge is 2.22. The molecule has 86 valence electrons. The zero-order chi connectivity index (χ0) is 12.1. The molecule has 0 saturated heterocycles. The van der Waals surface area contributed by atoms with Gasteiger partial charge in [-0.25, -0.2) is 4.39 Å². The lowest BCUT2D eigenvalue weighted by atomic mass is 9.98. The number of hydrogen-bond donors (Lipinski definition) is 2. The van der Waals surface area contributed by atoms with Crippen LogP contribution in [0.25, 0.3) is 0 Å². The van der Waals surface area contributed by atoms with Crippen LogP contribution in [0.4, 0.5) is 4.39 Å². The van der Waals surface area contributed by atoms with Crippen LogP contribution in [0.2, 0.25) is 0 Å². The van der Waals surface area contributed by atoms with Crippen LogP contribution in [0.5, 0.6) is 0 Å². The van der Waals surface area contributed by atoms with Crippen molar-refractivity contribution in [3.8, 4) is 6.07 Å². The van der Waals surface area contributed by atoms with Gasteiger partial charge in [-0.3, -0.25) is 0 Å². The molecule has 0 aliphatic heterocycles. The molecule has 0 spiro atoms. The third-order valence-corrected chi connectivity index (χ3v) is 2.70. The fourth-order valence-electron chi connectivity index (χ4n) is 1.38. The summed E-state index contributed by atoms with van der Waals surface area (Å²) in [7, 11) is 0. The Morgan fingerprint density at radius 1 is 1.44 bits per heavy atom. The third-order valence-electron chi connectivity index (χ3n) is 2.25. The van der Waals surface area contributed by atoms with Crippen LogP contribution >= 0.6 is 15.9 Å². The van der Waals surface area contributed by atoms with Crippen LogP contribution in [-0.2, 0) is 0 Å². The second-order valence-electron chi connectivity index (χ2n) is 3.31. The van der Waals surface area contributed by atoms with Gasteiger partial charge < -0.3 is 10.2 Å². The Balaban J connectivity index is 3.04. The maximum Gasteiger partial charge on any atom is 0.141 e. The van der Waals surface area contributed by atoms with E-state index in [4.69, 9.17) is 5.26 Å². The first-order valence-corrected chi connectivity index (χ1v) is 5.84. The Bertz CT molecular complexity index is 405. The van der Waals surface area contributed by atoms with E-state index < -0.39 is 18.0 Å². The van der Waals surface area contributed by atoms with E-state index in [1.54, 1.807) is 6.07 Å². The van der Waals surface area contributed by atoms with Gasteiger partial charge in [0.25, 0.3) is 0 Å². The summed E-state index contributed by atoms with van der Waals surface area (Å²) in [6.07, 6.45) is -1.95. The second-order valence-corrected chi connectivity index (χ2v) is 4.10. The van der Waals surface area contributed by atoms with Gasteiger partial charge in [0.05, 0.1) is 11.7 Å². The number of rotatable bonds is 4. The molecule has 0 radical (unpaired) electrons. The lowest BCUT2D eigenvalue weighted by Crippen LogP contribution is -2.19. The standard InChI is InChI=1S/C11H11BrFNO2/c12-5-4-10(15)11(16)7-2-1-3-9(13)8(7)6-14/h1-3,10-11,15-16H,4-5H2. The van der Waals surface area contributed by atoms with Crippen molar-refractivity contribution in [1.29, 1.82) is 5.26 Å². The van der Waals surface area contributed by atoms with E-state index >= 15 is 0 Å². The summed E-state index contributed by atoms with van der Waals surface area (Å²) >= 11 is 3.13. The minimum Gasteiger partial charge on any atom is -0.390 e. The Morgan fingerprint density at radius 2 is 2.12 bits per heavy atom. The maximum atomic E-state index is 13.2. The first-order chi connectivity index (χ1) is 7.61. The summed E-state index contributed by atoms with van der Waals surface area (Å²) in [6, 6.07) is 5.66. The van der Waals surface area contributed by atoms with Gasteiger partial charge in [-0.2, -0.15) is 5.26 Å². The van der Waals surface area contributed by atoms with Crippen LogP contribution in [0.1, 0.15) is 23.7 Å². The van der Waals surface area contributed by atoms with Gasteiger partial charge in [0.2, 0.25) is 0 Å². The van der Waals surface area contributed by atoms with Gasteiger partial charge >= 0.3 is 0 Å². The first kappa shape index (κ1) is 13.1. The molecule has 0 heterocycles. The van der Waals surface area contributed by atoms with Gasteiger partial charge in [-0.1, -0.05) is 28.1 Å². The molecule has 2 N–H and O–H groups in total. The van der Waals surface area contributed by atoms with Crippen LogP contribution in [0, 0.1) is 17.1 Å². The van der Waals surface area contributed by atoms with Crippen molar-refractivity contribution in [2.45, 2.75) is 18.6 Å². The quantitative estimate of drug-likeness (QED) is 0.831. The molecule has 2 unspecified atom stereocenters. The summed E-state index contributed by atoms with van der Waals surface area (Å²) in [5.41, 5.74) is -0.0976. The Kier molecular flexibility index (Phi) is 4.87. The number of nitriles is 1. The lowest BCUT2D eigenvalue weighted by molar-refractivity contribution is 0.0170. The van der Waals surface area contributed by atoms with E-state index in [9.17, 15) is 14.6 Å². The van der Waals surface area contributed by atoms with Crippen LogP contribution in [0.3, 0.4) is 0 Å². The van der Waals surface area contributed by atoms with Crippen molar-refractivity contribution in [1.82, 2.24) is 0 Å². The first-order valence-electron chi connectivity index (χ1n) is 4.72. The molecule has 1 aromatic carbocycles. The molecule has 0 fully saturated rings. The molecule has 0 saturated carbocycles. The average Bonchev–Trinajstić information content (AvgIpc) is 2.28. The number of nitrogens with zero attached hydrogens (tertiary/aromatic N) is 1. The Hall–Kier alpha value is -0.960. The van der Waals surface area contributed by atoms with Crippen molar-refractivity contribution >= 4 is 15.9 Å². The summed E-state index contributed by atoms with van der Waals surface area (Å²) < 4.78 is 13.2. The van der Waals surface area contributed by atoms with E-state index in [1.165, 1.54) is 12.1 Å². The monoisotopic (exact) mass is 287 g/mol. The molecule has 1 aromatic rings. The molecule has 3 nitrogen and oxygen atoms in total. The highest BCUT2D eigenvalue weighted by Crippen LogP contribution is 2.24. The van der Waals surface area contributed by atoms with Crippen molar-refractivity contribution in [3.05, 3.63) is 35.1 Å². The zero-order valence-corrected chi connectivity index (χ0v) is 9.98. The SMILES string of the molecule is N#Cc1c(F)cccc1C(O)C(O)CCBr. The third kappa shape index (κ3) is 2.79. The van der Waals surface area contributed by atoms with Crippen molar-refractivity contribution in [3.63, 3.8) is 0 Å². The summed E-state index contributed by atoms with van der Waals surface area (Å²) in [4.78, 5) is 0. The van der Waals surface area contributed by atoms with Gasteiger partial charge in [0.15, 0.2) is 0 Å². The molecular formula is C11H11BrFNO2. The molecule has 1 rings (SSSR count). The number of alkyl halides is 1. The molecule has 0 aromatic heterocycles. The minimum atomic E-state index is -1.25. The van der Waals surface area contributed by atoms with Crippen molar-refractivity contribution in [2.24, 2.45) is 0 Å². The molecule has 0 aliphatic carbocycles. The van der Waals surface area contributed by atoms with Crippen LogP contribution < -0.4 is 0 Å². The largest absolute Gasteiger partial charge is 0.390 e. The maximum absolute atomic E-state index is 13.2. The van der Waals surface area contributed by atoms with E-state index in [0.29, 0.717) is 11.8 Å². The summed E-state index contributed by atoms with van der Waals surface area (Å²) in [5.74, 6) is -0.690. The highest BCUT2D eigenvalue weighted by atomic mass is 79.9. The predicted molar refractivity (Wildman–Crippen MR) is 60.5 cm³/mol. The fourth-order valence-corrected chi connectivity index (χ4v) is 1.85. The number of halogens is 2. The van der Waals surface area contributed by atoms with Gasteiger partial charge in [-0.15, -0.1) is 0 Å². The van der Waals surface area contributed by atoms with Crippen LogP contribution in [-0.4, -0.2) is 21.6 Å². The Labute approximate surface area is 101 Å². The van der Waals surface area contributed by atoms with Gasteiger partial charge in [-0.05, 0) is 12.5 Å². The van der Waals surface area contributed by atoms with E-state index in [0.717, 1.165) is 6.07 Å². The van der Waals surface area contributed by atoms with E-state index in [-0.39, 0.29) is 11.1 Å². The second kappa shape index (κ2) is 5.94. The van der Waals surface area contributed by atoms with E-state index in [1.807, 2.05) is 0 Å². The molecule has 0 aliphatic rings. The minimum absolute atomic E-state index is 0.121. The predicted octanol–water partition coefficient (Wildman–Crippen LogP) is 1.88. The van der Waals surface area contributed by atoms with Crippen molar-refractivity contribution in [2.75, 3.05) is 5.33 Å². The highest BCUT2D eigenvalue weighted by molar-refractivity contribution is 9.09. The smallest absolute Gasteiger partial charge is 0.141 e.